The van der Waals surface area contributed by atoms with Crippen molar-refractivity contribution in [2.45, 2.75) is 17.7 Å². The number of rotatable bonds is 11. The second kappa shape index (κ2) is 12.2. The Labute approximate surface area is 184 Å². The highest BCUT2D eigenvalue weighted by molar-refractivity contribution is 7.80. The normalized spacial score (nSPS) is 10.5. The molecule has 0 bridgehead atoms. The minimum Gasteiger partial charge on any atom is -0.493 e. The molecular weight excluding hydrogens is 426 g/mol. The molecule has 0 saturated carbocycles. The fourth-order valence-corrected chi connectivity index (χ4v) is 2.53. The molecule has 0 radical (unpaired) electrons. The highest BCUT2D eigenvalue weighted by atomic mass is 32.1. The van der Waals surface area contributed by atoms with Gasteiger partial charge in [-0.1, -0.05) is 12.1 Å². The van der Waals surface area contributed by atoms with Crippen LogP contribution in [0.25, 0.3) is 6.08 Å². The number of nitrogens with zero attached hydrogens (tertiary/aromatic N) is 1. The second-order valence-electron chi connectivity index (χ2n) is 6.09. The molecule has 0 aliphatic carbocycles. The summed E-state index contributed by atoms with van der Waals surface area (Å²) in [6, 6.07) is 11.6. The molecule has 2 rings (SSSR count). The molecule has 31 heavy (non-hydrogen) atoms. The molecule has 0 atom stereocenters. The number of benzene rings is 2. The molecule has 0 amide bonds. The summed E-state index contributed by atoms with van der Waals surface area (Å²) in [6.07, 6.45) is 3.56. The van der Waals surface area contributed by atoms with Gasteiger partial charge in [0.2, 0.25) is 0 Å². The summed E-state index contributed by atoms with van der Waals surface area (Å²) in [4.78, 5) is 38.7. The van der Waals surface area contributed by atoms with Gasteiger partial charge in [0.15, 0.2) is 11.5 Å². The number of hydrogen-bond acceptors (Lipinski definition) is 9. The van der Waals surface area contributed by atoms with Crippen LogP contribution in [0.2, 0.25) is 0 Å². The van der Waals surface area contributed by atoms with E-state index in [4.69, 9.17) is 14.2 Å². The van der Waals surface area contributed by atoms with Gasteiger partial charge in [0.1, 0.15) is 6.61 Å². The number of carbonyl (C=O) groups is 2. The number of esters is 2. The Morgan fingerprint density at radius 1 is 1.13 bits per heavy atom. The van der Waals surface area contributed by atoms with Gasteiger partial charge in [0.05, 0.1) is 19.3 Å². The lowest BCUT2D eigenvalue weighted by Gasteiger charge is -2.10. The molecule has 0 aromatic heterocycles. The maximum absolute atomic E-state index is 12.3. The summed E-state index contributed by atoms with van der Waals surface area (Å²) in [6.45, 7) is -0.121. The Bertz CT molecular complexity index is 943. The van der Waals surface area contributed by atoms with E-state index in [1.807, 2.05) is 0 Å². The molecule has 0 N–H and O–H groups in total. The van der Waals surface area contributed by atoms with Crippen LogP contribution in [0.15, 0.2) is 53.4 Å². The zero-order valence-electron chi connectivity index (χ0n) is 16.7. The number of thiol groups is 1. The van der Waals surface area contributed by atoms with Gasteiger partial charge in [-0.25, -0.2) is 4.79 Å². The smallest absolute Gasteiger partial charge is 0.343 e. The lowest BCUT2D eigenvalue weighted by Crippen LogP contribution is -2.09. The van der Waals surface area contributed by atoms with Gasteiger partial charge in [-0.05, 0) is 54.5 Å². The molecule has 0 aliphatic heterocycles. The van der Waals surface area contributed by atoms with Crippen LogP contribution in [0.3, 0.4) is 0 Å². The van der Waals surface area contributed by atoms with Gasteiger partial charge >= 0.3 is 11.9 Å². The first-order chi connectivity index (χ1) is 14.9. The van der Waals surface area contributed by atoms with Crippen LogP contribution in [0.4, 0.5) is 0 Å². The Balaban J connectivity index is 1.86. The Morgan fingerprint density at radius 2 is 1.87 bits per heavy atom. The average Bonchev–Trinajstić information content (AvgIpc) is 2.75. The number of ether oxygens (including phenoxy) is 3. The van der Waals surface area contributed by atoms with Crippen LogP contribution >= 0.6 is 12.6 Å². The van der Waals surface area contributed by atoms with Crippen LogP contribution in [0.1, 0.15) is 28.8 Å². The highest BCUT2D eigenvalue weighted by Crippen LogP contribution is 2.29. The van der Waals surface area contributed by atoms with E-state index in [0.717, 1.165) is 10.5 Å². The Kier molecular flexibility index (Phi) is 9.37. The van der Waals surface area contributed by atoms with E-state index in [-0.39, 0.29) is 31.8 Å². The van der Waals surface area contributed by atoms with Crippen molar-refractivity contribution in [3.05, 3.63) is 69.8 Å². The third kappa shape index (κ3) is 8.39. The van der Waals surface area contributed by atoms with E-state index in [0.29, 0.717) is 11.3 Å². The minimum atomic E-state index is -0.908. The molecule has 2 aromatic carbocycles. The molecule has 2 aromatic rings. The zero-order valence-corrected chi connectivity index (χ0v) is 17.6. The maximum atomic E-state index is 12.3. The fraction of sp³-hybridized carbons (Fsp3) is 0.238. The summed E-state index contributed by atoms with van der Waals surface area (Å²) < 4.78 is 15.7. The van der Waals surface area contributed by atoms with Crippen LogP contribution in [0.5, 0.6) is 11.5 Å². The average molecular weight is 447 g/mol. The van der Waals surface area contributed by atoms with Crippen LogP contribution in [-0.4, -0.2) is 37.3 Å². The predicted octanol–water partition coefficient (Wildman–Crippen LogP) is 3.75. The van der Waals surface area contributed by atoms with E-state index in [1.165, 1.54) is 7.11 Å². The van der Waals surface area contributed by atoms with E-state index < -0.39 is 17.0 Å². The van der Waals surface area contributed by atoms with Crippen molar-refractivity contribution in [2.24, 2.45) is 0 Å². The molecule has 0 aliphatic rings. The zero-order chi connectivity index (χ0) is 22.6. The highest BCUT2D eigenvalue weighted by Gasteiger charge is 2.12. The van der Waals surface area contributed by atoms with Gasteiger partial charge in [0, 0.05) is 11.3 Å². The lowest BCUT2D eigenvalue weighted by molar-refractivity contribution is -0.757. The summed E-state index contributed by atoms with van der Waals surface area (Å²) in [5.41, 5.74) is 1.13. The maximum Gasteiger partial charge on any atom is 0.343 e. The topological polar surface area (TPSA) is 114 Å². The Hall–Kier alpha value is -3.53. The van der Waals surface area contributed by atoms with Crippen LogP contribution < -0.4 is 9.47 Å². The largest absolute Gasteiger partial charge is 0.493 e. The first kappa shape index (κ1) is 23.7. The summed E-state index contributed by atoms with van der Waals surface area (Å²) in [5, 5.41) is 9.10. The first-order valence-corrected chi connectivity index (χ1v) is 9.62. The van der Waals surface area contributed by atoms with E-state index in [1.54, 1.807) is 54.6 Å². The molecular formula is C21H21NO8S. The number of carbonyl (C=O) groups excluding carboxylic acids is 2. The molecule has 0 unspecified atom stereocenters. The van der Waals surface area contributed by atoms with Gasteiger partial charge in [-0.3, -0.25) is 4.79 Å². The van der Waals surface area contributed by atoms with Crippen molar-refractivity contribution in [1.29, 1.82) is 0 Å². The molecule has 9 nitrogen and oxygen atoms in total. The predicted molar refractivity (Wildman–Crippen MR) is 114 cm³/mol. The van der Waals surface area contributed by atoms with Gasteiger partial charge < -0.3 is 19.0 Å². The van der Waals surface area contributed by atoms with Crippen LogP contribution in [0, 0.1) is 10.1 Å². The third-order valence-electron chi connectivity index (χ3n) is 3.87. The SMILES string of the molecule is COc1cc(/C=C/COC(=O)CCCO[N+](=O)[O-])ccc1OC(=O)c1ccc(S)cc1. The molecule has 0 saturated heterocycles. The van der Waals surface area contributed by atoms with Crippen molar-refractivity contribution >= 4 is 30.6 Å². The Morgan fingerprint density at radius 3 is 2.55 bits per heavy atom. The van der Waals surface area contributed by atoms with E-state index in [9.17, 15) is 19.7 Å². The molecule has 0 fully saturated rings. The fourth-order valence-electron chi connectivity index (χ4n) is 2.38. The second-order valence-corrected chi connectivity index (χ2v) is 6.61. The van der Waals surface area contributed by atoms with Gasteiger partial charge in [-0.2, -0.15) is 0 Å². The lowest BCUT2D eigenvalue weighted by atomic mass is 10.2. The molecule has 0 spiro atoms. The van der Waals surface area contributed by atoms with Crippen molar-refractivity contribution in [3.8, 4) is 11.5 Å². The number of methoxy groups -OCH3 is 1. The quantitative estimate of drug-likeness (QED) is 0.138. The summed E-state index contributed by atoms with van der Waals surface area (Å²) >= 11 is 4.18. The van der Waals surface area contributed by atoms with Gasteiger partial charge in [0.25, 0.3) is 5.09 Å². The first-order valence-electron chi connectivity index (χ1n) is 9.17. The molecule has 164 valence electrons. The van der Waals surface area contributed by atoms with Gasteiger partial charge in [-0.15, -0.1) is 22.7 Å². The molecule has 10 heteroatoms. The summed E-state index contributed by atoms with van der Waals surface area (Å²) in [5.74, 6) is -0.375. The van der Waals surface area contributed by atoms with Crippen LogP contribution in [-0.2, 0) is 14.4 Å². The van der Waals surface area contributed by atoms with Crippen molar-refractivity contribution in [3.63, 3.8) is 0 Å². The van der Waals surface area contributed by atoms with Crippen molar-refractivity contribution < 1.29 is 33.7 Å². The monoisotopic (exact) mass is 447 g/mol. The third-order valence-corrected chi connectivity index (χ3v) is 4.16. The van der Waals surface area contributed by atoms with E-state index >= 15 is 0 Å². The molecule has 0 heterocycles. The standard InChI is InChI=1S/C21H21NO8S/c1-27-19-14-15(4-2-12-28-20(23)5-3-13-29-22(25)26)6-11-18(19)30-21(24)16-7-9-17(31)10-8-16/h2,4,6-11,14,31H,3,5,12-13H2,1H3/b4-2+. The van der Waals surface area contributed by atoms with Crippen molar-refractivity contribution in [1.82, 2.24) is 0 Å². The van der Waals surface area contributed by atoms with Crippen molar-refractivity contribution in [2.75, 3.05) is 20.3 Å². The van der Waals surface area contributed by atoms with E-state index in [2.05, 4.69) is 17.5 Å². The summed E-state index contributed by atoms with van der Waals surface area (Å²) in [7, 11) is 1.46. The number of hydrogen-bond donors (Lipinski definition) is 1. The minimum absolute atomic E-state index is 0.0201.